The first kappa shape index (κ1) is 27.0. The van der Waals surface area contributed by atoms with Crippen LogP contribution in [0.15, 0.2) is 65.6 Å². The Labute approximate surface area is 205 Å². The molecule has 0 bridgehead atoms. The van der Waals surface area contributed by atoms with Gasteiger partial charge in [0.25, 0.3) is 10.0 Å². The minimum Gasteiger partial charge on any atom is -0.489 e. The Kier molecular flexibility index (Phi) is 7.92. The van der Waals surface area contributed by atoms with Crippen LogP contribution in [-0.4, -0.2) is 32.6 Å². The molecule has 0 aromatic heterocycles. The summed E-state index contributed by atoms with van der Waals surface area (Å²) in [6.45, 7) is 3.37. The summed E-state index contributed by atoms with van der Waals surface area (Å²) in [7, 11) is -4.30. The molecule has 0 atom stereocenters. The molecule has 1 aliphatic heterocycles. The van der Waals surface area contributed by atoms with E-state index in [1.54, 1.807) is 38.1 Å². The van der Waals surface area contributed by atoms with Crippen molar-refractivity contribution in [3.05, 3.63) is 77.6 Å². The Balaban J connectivity index is 0.000000658. The number of aryl methyl sites for hydroxylation is 1. The first-order chi connectivity index (χ1) is 16.8. The zero-order chi connectivity index (χ0) is 26.7. The van der Waals surface area contributed by atoms with E-state index in [0.717, 1.165) is 28.1 Å². The quantitative estimate of drug-likeness (QED) is 0.430. The van der Waals surface area contributed by atoms with Crippen LogP contribution in [0.3, 0.4) is 0 Å². The highest BCUT2D eigenvalue weighted by Crippen LogP contribution is 2.40. The van der Waals surface area contributed by atoms with Crippen molar-refractivity contribution in [2.45, 2.75) is 31.3 Å². The molecule has 0 fully saturated rings. The van der Waals surface area contributed by atoms with Crippen LogP contribution in [0.4, 0.5) is 23.2 Å². The number of ether oxygens (including phenoxy) is 1. The molecule has 1 aliphatic rings. The fourth-order valence-electron chi connectivity index (χ4n) is 3.48. The molecule has 0 radical (unpaired) electrons. The summed E-state index contributed by atoms with van der Waals surface area (Å²) in [4.78, 5) is 8.90. The SMILES string of the molecule is CCC(=O)O.Cc1ccc(F)cc1-c1ccc2c(c1)N(S(=O)(=O)c1cccc(C(F)(F)F)c1)CCO2. The number of fused-ring (bicyclic) bond motifs is 1. The van der Waals surface area contributed by atoms with Crippen molar-refractivity contribution in [3.8, 4) is 16.9 Å². The molecular formula is C25H23F4NO5S. The first-order valence-electron chi connectivity index (χ1n) is 10.8. The molecule has 3 aromatic rings. The molecule has 192 valence electrons. The number of rotatable bonds is 4. The lowest BCUT2D eigenvalue weighted by Crippen LogP contribution is -2.38. The lowest BCUT2D eigenvalue weighted by Gasteiger charge is -2.31. The van der Waals surface area contributed by atoms with Crippen molar-refractivity contribution < 1.29 is 40.6 Å². The fourth-order valence-corrected chi connectivity index (χ4v) is 4.97. The van der Waals surface area contributed by atoms with Gasteiger partial charge in [-0.05, 0) is 66.1 Å². The second kappa shape index (κ2) is 10.6. The maximum atomic E-state index is 13.8. The van der Waals surface area contributed by atoms with Crippen LogP contribution in [0.1, 0.15) is 24.5 Å². The molecule has 6 nitrogen and oxygen atoms in total. The topological polar surface area (TPSA) is 83.9 Å². The molecule has 0 saturated carbocycles. The number of nitrogens with zero attached hydrogens (tertiary/aromatic N) is 1. The summed E-state index contributed by atoms with van der Waals surface area (Å²) in [5.74, 6) is -0.910. The van der Waals surface area contributed by atoms with Crippen LogP contribution in [0.25, 0.3) is 11.1 Å². The summed E-state index contributed by atoms with van der Waals surface area (Å²) >= 11 is 0. The van der Waals surface area contributed by atoms with Crippen molar-refractivity contribution >= 4 is 21.7 Å². The van der Waals surface area contributed by atoms with Gasteiger partial charge in [0.2, 0.25) is 0 Å². The van der Waals surface area contributed by atoms with Crippen molar-refractivity contribution in [1.29, 1.82) is 0 Å². The van der Waals surface area contributed by atoms with Crippen molar-refractivity contribution in [2.24, 2.45) is 0 Å². The molecule has 0 aliphatic carbocycles. The van der Waals surface area contributed by atoms with Gasteiger partial charge in [-0.15, -0.1) is 0 Å². The zero-order valence-corrected chi connectivity index (χ0v) is 20.2. The lowest BCUT2D eigenvalue weighted by atomic mass is 9.99. The number of halogens is 4. The summed E-state index contributed by atoms with van der Waals surface area (Å²) in [6, 6.07) is 12.7. The van der Waals surface area contributed by atoms with Crippen LogP contribution in [0.5, 0.6) is 5.75 Å². The van der Waals surface area contributed by atoms with E-state index < -0.39 is 38.4 Å². The number of hydrogen-bond acceptors (Lipinski definition) is 4. The molecule has 4 rings (SSSR count). The standard InChI is InChI=1S/C22H17F4NO3S.C3H6O2/c1-14-5-7-17(23)13-19(14)15-6-8-21-20(11-15)27(9-10-30-21)31(28,29)18-4-2-3-16(12-18)22(24,25)26;1-2-3(4)5/h2-8,11-13H,9-10H2,1H3;2H2,1H3,(H,4,5). The third kappa shape index (κ3) is 5.96. The highest BCUT2D eigenvalue weighted by atomic mass is 32.2. The van der Waals surface area contributed by atoms with Crippen molar-refractivity contribution in [1.82, 2.24) is 0 Å². The van der Waals surface area contributed by atoms with Gasteiger partial charge in [0.1, 0.15) is 18.2 Å². The minimum absolute atomic E-state index is 0.0452. The predicted molar refractivity (Wildman–Crippen MR) is 126 cm³/mol. The number of aliphatic carboxylic acids is 1. The van der Waals surface area contributed by atoms with Gasteiger partial charge >= 0.3 is 12.1 Å². The van der Waals surface area contributed by atoms with Gasteiger partial charge in [0.05, 0.1) is 22.7 Å². The van der Waals surface area contributed by atoms with Gasteiger partial charge in [0, 0.05) is 6.42 Å². The van der Waals surface area contributed by atoms with Crippen LogP contribution >= 0.6 is 0 Å². The second-order valence-corrected chi connectivity index (χ2v) is 9.70. The molecule has 11 heteroatoms. The third-order valence-corrected chi connectivity index (χ3v) is 7.15. The van der Waals surface area contributed by atoms with E-state index in [4.69, 9.17) is 9.84 Å². The smallest absolute Gasteiger partial charge is 0.416 e. The van der Waals surface area contributed by atoms with E-state index in [0.29, 0.717) is 17.2 Å². The molecule has 0 unspecified atom stereocenters. The maximum absolute atomic E-state index is 13.8. The molecular weight excluding hydrogens is 502 g/mol. The summed E-state index contributed by atoms with van der Waals surface area (Å²) in [6.07, 6.45) is -4.45. The zero-order valence-electron chi connectivity index (χ0n) is 19.3. The van der Waals surface area contributed by atoms with Gasteiger partial charge in [-0.1, -0.05) is 25.1 Å². The molecule has 0 spiro atoms. The van der Waals surface area contributed by atoms with Crippen LogP contribution in [0.2, 0.25) is 0 Å². The molecule has 0 saturated heterocycles. The number of carbonyl (C=O) groups is 1. The van der Waals surface area contributed by atoms with E-state index in [1.165, 1.54) is 12.1 Å². The molecule has 0 amide bonds. The number of sulfonamides is 1. The number of hydrogen-bond donors (Lipinski definition) is 1. The summed E-state index contributed by atoms with van der Waals surface area (Å²) in [5, 5.41) is 7.72. The number of benzene rings is 3. The van der Waals surface area contributed by atoms with E-state index in [1.807, 2.05) is 0 Å². The highest BCUT2D eigenvalue weighted by Gasteiger charge is 2.34. The van der Waals surface area contributed by atoms with Crippen LogP contribution in [-0.2, 0) is 21.0 Å². The number of carboxylic acid groups (broad SMARTS) is 1. The monoisotopic (exact) mass is 525 g/mol. The van der Waals surface area contributed by atoms with E-state index in [2.05, 4.69) is 0 Å². The van der Waals surface area contributed by atoms with Crippen molar-refractivity contribution in [2.75, 3.05) is 17.5 Å². The normalized spacial score (nSPS) is 13.2. The highest BCUT2D eigenvalue weighted by molar-refractivity contribution is 7.92. The Morgan fingerprint density at radius 1 is 1.08 bits per heavy atom. The Hall–Kier alpha value is -3.60. The average Bonchev–Trinajstić information content (AvgIpc) is 2.84. The van der Waals surface area contributed by atoms with Gasteiger partial charge in [0.15, 0.2) is 0 Å². The Bertz CT molecular complexity index is 1370. The molecule has 3 aromatic carbocycles. The number of anilines is 1. The Morgan fingerprint density at radius 3 is 2.42 bits per heavy atom. The molecule has 1 heterocycles. The largest absolute Gasteiger partial charge is 0.489 e. The molecule has 36 heavy (non-hydrogen) atoms. The van der Waals surface area contributed by atoms with Gasteiger partial charge in [-0.2, -0.15) is 13.2 Å². The average molecular weight is 526 g/mol. The number of carboxylic acids is 1. The van der Waals surface area contributed by atoms with Crippen LogP contribution in [0, 0.1) is 12.7 Å². The third-order valence-electron chi connectivity index (χ3n) is 5.34. The number of alkyl halides is 3. The minimum atomic E-state index is -4.67. The maximum Gasteiger partial charge on any atom is 0.416 e. The fraction of sp³-hybridized carbons (Fsp3) is 0.240. The van der Waals surface area contributed by atoms with Gasteiger partial charge < -0.3 is 9.84 Å². The van der Waals surface area contributed by atoms with Gasteiger partial charge in [-0.25, -0.2) is 12.8 Å². The summed E-state index contributed by atoms with van der Waals surface area (Å²) in [5.41, 5.74) is 1.05. The van der Waals surface area contributed by atoms with E-state index in [9.17, 15) is 30.8 Å². The Morgan fingerprint density at radius 2 is 1.78 bits per heavy atom. The van der Waals surface area contributed by atoms with Crippen molar-refractivity contribution in [3.63, 3.8) is 0 Å². The van der Waals surface area contributed by atoms with Crippen LogP contribution < -0.4 is 9.04 Å². The first-order valence-corrected chi connectivity index (χ1v) is 12.2. The predicted octanol–water partition coefficient (Wildman–Crippen LogP) is 5.89. The molecule has 1 N–H and O–H groups in total. The van der Waals surface area contributed by atoms with Gasteiger partial charge in [-0.3, -0.25) is 9.10 Å². The second-order valence-electron chi connectivity index (χ2n) is 7.84. The summed E-state index contributed by atoms with van der Waals surface area (Å²) < 4.78 is 86.1. The van der Waals surface area contributed by atoms with E-state index >= 15 is 0 Å². The lowest BCUT2D eigenvalue weighted by molar-refractivity contribution is -0.138. The van der Waals surface area contributed by atoms with E-state index in [-0.39, 0.29) is 31.0 Å².